The van der Waals surface area contributed by atoms with Gasteiger partial charge in [0.2, 0.25) is 0 Å². The van der Waals surface area contributed by atoms with Crippen LogP contribution in [0.25, 0.3) is 0 Å². The fourth-order valence-corrected chi connectivity index (χ4v) is 1.20. The molecule has 0 aliphatic carbocycles. The van der Waals surface area contributed by atoms with Gasteiger partial charge in [-0.2, -0.15) is 0 Å². The molecule has 90 valence electrons. The highest BCUT2D eigenvalue weighted by molar-refractivity contribution is 5.13. The van der Waals surface area contributed by atoms with Crippen LogP contribution < -0.4 is 0 Å². The van der Waals surface area contributed by atoms with Crippen LogP contribution >= 0.6 is 0 Å². The predicted molar refractivity (Wildman–Crippen MR) is 59.9 cm³/mol. The van der Waals surface area contributed by atoms with Gasteiger partial charge in [0.05, 0.1) is 19.8 Å². The molecule has 1 N–H and O–H groups in total. The van der Waals surface area contributed by atoms with Gasteiger partial charge >= 0.3 is 0 Å². The first-order chi connectivity index (χ1) is 7.83. The third-order valence-electron chi connectivity index (χ3n) is 1.93. The molecular formula is C12H18O4. The summed E-state index contributed by atoms with van der Waals surface area (Å²) in [7, 11) is 1.54. The number of benzene rings is 1. The molecule has 0 saturated carbocycles. The van der Waals surface area contributed by atoms with Gasteiger partial charge in [-0.25, -0.2) is 0 Å². The van der Waals surface area contributed by atoms with Crippen molar-refractivity contribution in [1.29, 1.82) is 0 Å². The van der Waals surface area contributed by atoms with Crippen LogP contribution in [-0.4, -0.2) is 38.3 Å². The fourth-order valence-electron chi connectivity index (χ4n) is 1.20. The van der Waals surface area contributed by atoms with E-state index >= 15 is 0 Å². The Bertz CT molecular complexity index is 263. The molecule has 0 fully saturated rings. The molecule has 0 spiro atoms. The van der Waals surface area contributed by atoms with Crippen molar-refractivity contribution < 1.29 is 19.3 Å². The molecule has 0 unspecified atom stereocenters. The Morgan fingerprint density at radius 1 is 1.12 bits per heavy atom. The van der Waals surface area contributed by atoms with Crippen molar-refractivity contribution in [2.24, 2.45) is 0 Å². The van der Waals surface area contributed by atoms with E-state index in [1.165, 1.54) is 7.11 Å². The van der Waals surface area contributed by atoms with Gasteiger partial charge in [0.25, 0.3) is 0 Å². The zero-order valence-corrected chi connectivity index (χ0v) is 9.46. The van der Waals surface area contributed by atoms with Crippen LogP contribution in [0.15, 0.2) is 30.3 Å². The molecule has 0 radical (unpaired) electrons. The van der Waals surface area contributed by atoms with Gasteiger partial charge in [-0.1, -0.05) is 30.3 Å². The summed E-state index contributed by atoms with van der Waals surface area (Å²) < 4.78 is 15.0. The van der Waals surface area contributed by atoms with Gasteiger partial charge in [-0.3, -0.25) is 0 Å². The van der Waals surface area contributed by atoms with Crippen molar-refractivity contribution in [3.63, 3.8) is 0 Å². The minimum atomic E-state index is -0.612. The van der Waals surface area contributed by atoms with E-state index in [4.69, 9.17) is 14.2 Å². The molecule has 1 aromatic rings. The summed E-state index contributed by atoms with van der Waals surface area (Å²) in [6.07, 6.45) is -0.612. The molecule has 16 heavy (non-hydrogen) atoms. The van der Waals surface area contributed by atoms with Gasteiger partial charge in [0.15, 0.2) is 0 Å². The lowest BCUT2D eigenvalue weighted by molar-refractivity contribution is -0.0796. The SMILES string of the molecule is COCOC[C@H](O)COCc1ccccc1. The second-order valence-electron chi connectivity index (χ2n) is 3.43. The Labute approximate surface area is 95.8 Å². The first-order valence-electron chi connectivity index (χ1n) is 5.19. The van der Waals surface area contributed by atoms with E-state index in [9.17, 15) is 5.11 Å². The first-order valence-corrected chi connectivity index (χ1v) is 5.19. The number of aliphatic hydroxyl groups excluding tert-OH is 1. The van der Waals surface area contributed by atoms with Gasteiger partial charge in [-0.15, -0.1) is 0 Å². The van der Waals surface area contributed by atoms with Gasteiger partial charge in [-0.05, 0) is 5.56 Å². The van der Waals surface area contributed by atoms with E-state index < -0.39 is 6.10 Å². The Morgan fingerprint density at radius 3 is 2.50 bits per heavy atom. The number of hydrogen-bond acceptors (Lipinski definition) is 4. The molecule has 1 rings (SSSR count). The Hall–Kier alpha value is -0.940. The van der Waals surface area contributed by atoms with E-state index in [0.29, 0.717) is 6.61 Å². The summed E-state index contributed by atoms with van der Waals surface area (Å²) in [5.41, 5.74) is 1.09. The smallest absolute Gasteiger partial charge is 0.146 e. The molecule has 4 nitrogen and oxygen atoms in total. The molecule has 0 aromatic heterocycles. The summed E-state index contributed by atoms with van der Waals surface area (Å²) in [6.45, 7) is 1.18. The molecule has 4 heteroatoms. The molecule has 0 amide bonds. The maximum absolute atomic E-state index is 9.45. The second-order valence-corrected chi connectivity index (χ2v) is 3.43. The summed E-state index contributed by atoms with van der Waals surface area (Å²) in [5, 5.41) is 9.45. The molecule has 0 aliphatic heterocycles. The fraction of sp³-hybridized carbons (Fsp3) is 0.500. The third kappa shape index (κ3) is 5.82. The largest absolute Gasteiger partial charge is 0.388 e. The standard InChI is InChI=1S/C12H18O4/c1-14-10-16-9-12(13)8-15-7-11-5-3-2-4-6-11/h2-6,12-13H,7-10H2,1H3/t12-/m1/s1. The van der Waals surface area contributed by atoms with Gasteiger partial charge < -0.3 is 19.3 Å². The van der Waals surface area contributed by atoms with Crippen LogP contribution in [0.4, 0.5) is 0 Å². The minimum absolute atomic E-state index is 0.190. The van der Waals surface area contributed by atoms with Crippen molar-refractivity contribution >= 4 is 0 Å². The molecular weight excluding hydrogens is 208 g/mol. The maximum atomic E-state index is 9.45. The molecule has 0 saturated heterocycles. The molecule has 1 aromatic carbocycles. The summed E-state index contributed by atoms with van der Waals surface area (Å²) in [5.74, 6) is 0. The van der Waals surface area contributed by atoms with Gasteiger partial charge in [0, 0.05) is 7.11 Å². The Kier molecular flexibility index (Phi) is 6.76. The highest BCUT2D eigenvalue weighted by atomic mass is 16.7. The molecule has 0 bridgehead atoms. The molecule has 0 heterocycles. The normalized spacial score (nSPS) is 12.6. The average Bonchev–Trinajstić information content (AvgIpc) is 2.31. The zero-order valence-electron chi connectivity index (χ0n) is 9.46. The average molecular weight is 226 g/mol. The monoisotopic (exact) mass is 226 g/mol. The summed E-state index contributed by atoms with van der Waals surface area (Å²) in [4.78, 5) is 0. The Balaban J connectivity index is 2.06. The van der Waals surface area contributed by atoms with E-state index in [0.717, 1.165) is 5.56 Å². The van der Waals surface area contributed by atoms with E-state index in [-0.39, 0.29) is 20.0 Å². The van der Waals surface area contributed by atoms with Crippen molar-refractivity contribution in [1.82, 2.24) is 0 Å². The summed E-state index contributed by atoms with van der Waals surface area (Å²) >= 11 is 0. The van der Waals surface area contributed by atoms with Crippen LogP contribution in [-0.2, 0) is 20.8 Å². The third-order valence-corrected chi connectivity index (χ3v) is 1.93. The predicted octanol–water partition coefficient (Wildman–Crippen LogP) is 1.18. The van der Waals surface area contributed by atoms with Crippen molar-refractivity contribution in [3.05, 3.63) is 35.9 Å². The van der Waals surface area contributed by atoms with Crippen LogP contribution in [0, 0.1) is 0 Å². The quantitative estimate of drug-likeness (QED) is 0.534. The number of ether oxygens (including phenoxy) is 3. The van der Waals surface area contributed by atoms with Crippen LogP contribution in [0.2, 0.25) is 0 Å². The lowest BCUT2D eigenvalue weighted by atomic mass is 10.2. The minimum Gasteiger partial charge on any atom is -0.388 e. The van der Waals surface area contributed by atoms with Crippen molar-refractivity contribution in [2.45, 2.75) is 12.7 Å². The highest BCUT2D eigenvalue weighted by Gasteiger charge is 2.04. The van der Waals surface area contributed by atoms with Crippen LogP contribution in [0.3, 0.4) is 0 Å². The van der Waals surface area contributed by atoms with Crippen molar-refractivity contribution in [3.8, 4) is 0 Å². The number of rotatable bonds is 8. The maximum Gasteiger partial charge on any atom is 0.146 e. The summed E-state index contributed by atoms with van der Waals surface area (Å²) in [6, 6.07) is 9.83. The lowest BCUT2D eigenvalue weighted by Gasteiger charge is -2.11. The molecule has 1 atom stereocenters. The van der Waals surface area contributed by atoms with Crippen LogP contribution in [0.5, 0.6) is 0 Å². The Morgan fingerprint density at radius 2 is 1.81 bits per heavy atom. The van der Waals surface area contributed by atoms with Gasteiger partial charge in [0.1, 0.15) is 12.9 Å². The van der Waals surface area contributed by atoms with Crippen molar-refractivity contribution in [2.75, 3.05) is 27.1 Å². The number of aliphatic hydroxyl groups is 1. The number of methoxy groups -OCH3 is 1. The topological polar surface area (TPSA) is 47.9 Å². The van der Waals surface area contributed by atoms with E-state index in [1.807, 2.05) is 30.3 Å². The highest BCUT2D eigenvalue weighted by Crippen LogP contribution is 2.01. The van der Waals surface area contributed by atoms with Crippen LogP contribution in [0.1, 0.15) is 5.56 Å². The van der Waals surface area contributed by atoms with E-state index in [2.05, 4.69) is 0 Å². The number of hydrogen-bond donors (Lipinski definition) is 1. The molecule has 0 aliphatic rings. The van der Waals surface area contributed by atoms with E-state index in [1.54, 1.807) is 0 Å². The lowest BCUT2D eigenvalue weighted by Crippen LogP contribution is -2.22. The second kappa shape index (κ2) is 8.24. The zero-order chi connectivity index (χ0) is 11.6. The first kappa shape index (κ1) is 13.1.